The fourth-order valence-corrected chi connectivity index (χ4v) is 7.26. The van der Waals surface area contributed by atoms with Gasteiger partial charge in [0.1, 0.15) is 54.5 Å². The predicted octanol–water partition coefficient (Wildman–Crippen LogP) is -3.64. The van der Waals surface area contributed by atoms with Gasteiger partial charge in [-0.1, -0.05) is 0 Å². The number of hydrogen-bond donors (Lipinski definition) is 17. The maximum atomic E-state index is 13.4. The maximum Gasteiger partial charge on any atom is 0.407 e. The number of aliphatic carboxylic acids is 8. The van der Waals surface area contributed by atoms with Crippen LogP contribution in [0.5, 0.6) is 0 Å². The summed E-state index contributed by atoms with van der Waals surface area (Å²) >= 11 is 0. The van der Waals surface area contributed by atoms with Crippen molar-refractivity contribution in [3.05, 3.63) is 0 Å². The van der Waals surface area contributed by atoms with Crippen LogP contribution in [-0.4, -0.2) is 229 Å². The largest absolute Gasteiger partial charge is 0.481 e. The molecule has 0 bridgehead atoms. The summed E-state index contributed by atoms with van der Waals surface area (Å²) in [5.41, 5.74) is -0.799. The minimum Gasteiger partial charge on any atom is -0.481 e. The number of carboxylic acids is 8. The molecule has 0 aliphatic heterocycles. The van der Waals surface area contributed by atoms with Crippen LogP contribution in [0.2, 0.25) is 0 Å². The Morgan fingerprint density at radius 2 is 0.659 bits per heavy atom. The molecule has 0 saturated heterocycles. The molecule has 7 unspecified atom stereocenters. The molecule has 37 heteroatoms. The average molecular weight is 1270 g/mol. The quantitative estimate of drug-likeness (QED) is 0.0261. The normalized spacial score (nSPS) is 13.3. The van der Waals surface area contributed by atoms with E-state index >= 15 is 0 Å². The van der Waals surface area contributed by atoms with Gasteiger partial charge in [-0.2, -0.15) is 0 Å². The van der Waals surface area contributed by atoms with Gasteiger partial charge in [-0.25, -0.2) is 24.0 Å². The first-order valence-corrected chi connectivity index (χ1v) is 27.4. The molecule has 0 aliphatic carbocycles. The molecular formula is C51H79N9O28. The lowest BCUT2D eigenvalue weighted by atomic mass is 10.1. The highest BCUT2D eigenvalue weighted by atomic mass is 16.6. The fourth-order valence-electron chi connectivity index (χ4n) is 7.26. The number of rotatable bonds is 48. The van der Waals surface area contributed by atoms with Gasteiger partial charge in [0.15, 0.2) is 0 Å². The molecule has 88 heavy (non-hydrogen) atoms. The molecule has 0 aromatic carbocycles. The number of ether oxygens (including phenoxy) is 3. The Labute approximate surface area is 501 Å². The van der Waals surface area contributed by atoms with Gasteiger partial charge in [-0.3, -0.25) is 57.5 Å². The SMILES string of the molecule is CC(C)(C)OC(=O)NCCCCC(NC(=O)CCC(=O)NC(CCC(=O)NC(CCC(=O)O)C(=O)O)C(=O)NC(CCC(=O)O)C(=O)O)C(=O)NCCOCCOCC(=O)NC(CCC(=O)NC(CCC(=O)O)C(=O)O)C(=O)NC(CCC(=O)O)C(=O)O. The molecular weight excluding hydrogens is 1190 g/mol. The first-order valence-electron chi connectivity index (χ1n) is 27.4. The van der Waals surface area contributed by atoms with Gasteiger partial charge in [0.25, 0.3) is 0 Å². The zero-order valence-electron chi connectivity index (χ0n) is 48.5. The van der Waals surface area contributed by atoms with Gasteiger partial charge in [0.05, 0.1) is 19.8 Å². The van der Waals surface area contributed by atoms with E-state index in [1.165, 1.54) is 0 Å². The summed E-state index contributed by atoms with van der Waals surface area (Å²) in [7, 11) is 0. The first kappa shape index (κ1) is 78.7. The van der Waals surface area contributed by atoms with E-state index in [2.05, 4.69) is 47.9 Å². The van der Waals surface area contributed by atoms with Crippen molar-refractivity contribution in [3.8, 4) is 0 Å². The van der Waals surface area contributed by atoms with Crippen LogP contribution in [0.1, 0.15) is 130 Å². The number of carbonyl (C=O) groups is 17. The molecule has 0 aromatic heterocycles. The van der Waals surface area contributed by atoms with E-state index in [1.54, 1.807) is 20.8 Å². The van der Waals surface area contributed by atoms with Crippen molar-refractivity contribution in [2.75, 3.05) is 39.5 Å². The van der Waals surface area contributed by atoms with Crippen LogP contribution in [0.15, 0.2) is 0 Å². The second-order valence-corrected chi connectivity index (χ2v) is 20.3. The van der Waals surface area contributed by atoms with E-state index in [9.17, 15) is 102 Å². The van der Waals surface area contributed by atoms with E-state index in [1.807, 2.05) is 0 Å². The fraction of sp³-hybridized carbons (Fsp3) is 0.667. The van der Waals surface area contributed by atoms with Gasteiger partial charge in [0.2, 0.25) is 47.3 Å². The molecule has 0 heterocycles. The number of hydrogen-bond acceptors (Lipinski definition) is 20. The summed E-state index contributed by atoms with van der Waals surface area (Å²) in [5.74, 6) is -20.0. The van der Waals surface area contributed by atoms with E-state index in [0.717, 1.165) is 0 Å². The second-order valence-electron chi connectivity index (χ2n) is 20.3. The molecule has 0 spiro atoms. The summed E-state index contributed by atoms with van der Waals surface area (Å²) < 4.78 is 15.9. The lowest BCUT2D eigenvalue weighted by Crippen LogP contribution is -2.52. The number of nitrogens with one attached hydrogen (secondary N) is 9. The van der Waals surface area contributed by atoms with Crippen molar-refractivity contribution < 1.29 is 137 Å². The highest BCUT2D eigenvalue weighted by molar-refractivity contribution is 5.94. The lowest BCUT2D eigenvalue weighted by molar-refractivity contribution is -0.144. The molecule has 0 fully saturated rings. The van der Waals surface area contributed by atoms with Crippen LogP contribution in [0, 0.1) is 0 Å². The van der Waals surface area contributed by atoms with Crippen molar-refractivity contribution in [1.29, 1.82) is 0 Å². The number of amides is 9. The summed E-state index contributed by atoms with van der Waals surface area (Å²) in [6, 6.07) is -11.5. The Hall–Kier alpha value is -9.29. The Bertz CT molecular complexity index is 2450. The van der Waals surface area contributed by atoms with Crippen LogP contribution in [0.25, 0.3) is 0 Å². The second kappa shape index (κ2) is 42.5. The minimum absolute atomic E-state index is 0.0349. The predicted molar refractivity (Wildman–Crippen MR) is 292 cm³/mol. The highest BCUT2D eigenvalue weighted by Crippen LogP contribution is 2.10. The van der Waals surface area contributed by atoms with Crippen LogP contribution in [0.4, 0.5) is 4.79 Å². The van der Waals surface area contributed by atoms with Crippen LogP contribution >= 0.6 is 0 Å². The van der Waals surface area contributed by atoms with Gasteiger partial charge < -0.3 is 103 Å². The van der Waals surface area contributed by atoms with Crippen LogP contribution in [0.3, 0.4) is 0 Å². The van der Waals surface area contributed by atoms with Crippen LogP contribution in [-0.2, 0) is 90.9 Å². The maximum absolute atomic E-state index is 13.4. The minimum atomic E-state index is -1.79. The van der Waals surface area contributed by atoms with Gasteiger partial charge >= 0.3 is 53.8 Å². The molecule has 0 radical (unpaired) electrons. The summed E-state index contributed by atoms with van der Waals surface area (Å²) in [4.78, 5) is 207. The Morgan fingerprint density at radius 3 is 1.03 bits per heavy atom. The molecule has 496 valence electrons. The molecule has 0 aromatic rings. The number of carboxylic acid groups (broad SMARTS) is 8. The molecule has 0 saturated carbocycles. The topological polar surface area (TPSA) is 588 Å². The van der Waals surface area contributed by atoms with Crippen molar-refractivity contribution in [2.45, 2.75) is 178 Å². The number of carbonyl (C=O) groups excluding carboxylic acids is 9. The number of alkyl carbamates (subject to hydrolysis) is 1. The molecule has 17 N–H and O–H groups in total. The smallest absolute Gasteiger partial charge is 0.407 e. The summed E-state index contributed by atoms with van der Waals surface area (Å²) in [5, 5.41) is 94.0. The highest BCUT2D eigenvalue weighted by Gasteiger charge is 2.32. The Morgan fingerprint density at radius 1 is 0.330 bits per heavy atom. The third kappa shape index (κ3) is 39.3. The summed E-state index contributed by atoms with van der Waals surface area (Å²) in [6.45, 7) is 3.42. The van der Waals surface area contributed by atoms with E-state index in [-0.39, 0.29) is 52.2 Å². The molecule has 7 atom stereocenters. The Balaban J connectivity index is 5.88. The van der Waals surface area contributed by atoms with Gasteiger partial charge in [-0.15, -0.1) is 0 Å². The van der Waals surface area contributed by atoms with Gasteiger partial charge in [-0.05, 0) is 78.6 Å². The molecule has 0 aliphatic rings. The number of unbranched alkanes of at least 4 members (excludes halogenated alkanes) is 1. The van der Waals surface area contributed by atoms with Crippen molar-refractivity contribution >= 4 is 101 Å². The van der Waals surface area contributed by atoms with Crippen molar-refractivity contribution in [1.82, 2.24) is 47.9 Å². The van der Waals surface area contributed by atoms with E-state index in [0.29, 0.717) is 0 Å². The zero-order valence-corrected chi connectivity index (χ0v) is 48.5. The molecule has 0 rings (SSSR count). The molecule has 9 amide bonds. The lowest BCUT2D eigenvalue weighted by Gasteiger charge is -2.22. The summed E-state index contributed by atoms with van der Waals surface area (Å²) in [6.07, 6.45) is -8.91. The standard InChI is InChI=1S/C51H79N9O28/c1-51(2,3)88-50(85)53-21-5-4-6-27(54-36(63)15-16-37(64)55-28(44(75)59-32(48(81)82)11-19-41(70)71)7-13-34(61)57-30(46(77)78)9-17-39(66)67)43(74)52-22-23-86-24-25-87-26-38(65)56-29(45(76)60-33(49(83)84)12-20-42(72)73)8-14-35(62)58-31(47(79)80)10-18-40(68)69/h27-33H,4-26H2,1-3H3,(H,52,74)(H,53,85)(H,54,63)(H,55,64)(H,56,65)(H,57,61)(H,58,62)(H,59,75)(H,60,76)(H,66,67)(H,68,69)(H,70,71)(H,72,73)(H,77,78)(H,79,80)(H,81,82)(H,83,84). The van der Waals surface area contributed by atoms with Crippen molar-refractivity contribution in [3.63, 3.8) is 0 Å². The first-order chi connectivity index (χ1) is 41.1. The zero-order chi connectivity index (χ0) is 67.1. The van der Waals surface area contributed by atoms with E-state index < -0.39 is 245 Å². The van der Waals surface area contributed by atoms with E-state index in [4.69, 9.17) is 34.6 Å². The van der Waals surface area contributed by atoms with Crippen LogP contribution < -0.4 is 47.9 Å². The third-order valence-electron chi connectivity index (χ3n) is 11.7. The Kier molecular flexibility index (Phi) is 38.0. The third-order valence-corrected chi connectivity index (χ3v) is 11.7. The van der Waals surface area contributed by atoms with Gasteiger partial charge in [0, 0.05) is 64.5 Å². The monoisotopic (exact) mass is 1270 g/mol. The van der Waals surface area contributed by atoms with Crippen molar-refractivity contribution in [2.24, 2.45) is 0 Å². The average Bonchev–Trinajstić information content (AvgIpc) is 3.42. The molecule has 37 nitrogen and oxygen atoms in total.